The first-order valence-electron chi connectivity index (χ1n) is 7.45. The summed E-state index contributed by atoms with van der Waals surface area (Å²) in [5.74, 6) is 0.375. The first kappa shape index (κ1) is 16.9. The summed E-state index contributed by atoms with van der Waals surface area (Å²) < 4.78 is 5.28. The minimum Gasteiger partial charge on any atom is -0.496 e. The number of benzene rings is 1. The third-order valence-corrected chi connectivity index (χ3v) is 4.93. The smallest absolute Gasteiger partial charge is 0.257 e. The van der Waals surface area contributed by atoms with Gasteiger partial charge in [0.2, 0.25) is 0 Å². The molecule has 0 aliphatic carbocycles. The molecule has 0 saturated carbocycles. The van der Waals surface area contributed by atoms with Crippen LogP contribution in [-0.4, -0.2) is 55.5 Å². The number of rotatable bonds is 3. The molecule has 1 aromatic carbocycles. The number of likely N-dealkylation sites (tertiary alicyclic amines) is 1. The fourth-order valence-electron chi connectivity index (χ4n) is 2.88. The SMILES string of the molecule is COc1cc(N)c(Cl)cc1C(=O)N(C)C1CCN(C)C(C)C1. The highest BCUT2D eigenvalue weighted by atomic mass is 35.5. The standard InChI is InChI=1S/C16H24ClN3O2/c1-10-7-11(5-6-19(10)2)20(3)16(21)12-8-13(17)14(18)9-15(12)22-4/h8-11H,5-7,18H2,1-4H3. The van der Waals surface area contributed by atoms with Crippen LogP contribution < -0.4 is 10.5 Å². The molecule has 1 saturated heterocycles. The summed E-state index contributed by atoms with van der Waals surface area (Å²) >= 11 is 6.06. The fourth-order valence-corrected chi connectivity index (χ4v) is 3.04. The molecule has 2 N–H and O–H groups in total. The van der Waals surface area contributed by atoms with Gasteiger partial charge in [-0.15, -0.1) is 0 Å². The first-order valence-corrected chi connectivity index (χ1v) is 7.83. The number of piperidine rings is 1. The predicted octanol–water partition coefficient (Wildman–Crippen LogP) is 2.49. The van der Waals surface area contributed by atoms with Gasteiger partial charge in [-0.3, -0.25) is 4.79 Å². The summed E-state index contributed by atoms with van der Waals surface area (Å²) in [5, 5.41) is 0.370. The summed E-state index contributed by atoms with van der Waals surface area (Å²) in [6, 6.07) is 3.87. The average Bonchev–Trinajstić information content (AvgIpc) is 2.50. The Kier molecular flexibility index (Phi) is 5.19. The molecule has 1 fully saturated rings. The van der Waals surface area contributed by atoms with Crippen LogP contribution >= 0.6 is 11.6 Å². The van der Waals surface area contributed by atoms with Crippen LogP contribution in [-0.2, 0) is 0 Å². The van der Waals surface area contributed by atoms with E-state index in [0.29, 0.717) is 28.1 Å². The van der Waals surface area contributed by atoms with Crippen molar-refractivity contribution in [1.82, 2.24) is 9.80 Å². The minimum atomic E-state index is -0.0829. The zero-order valence-corrected chi connectivity index (χ0v) is 14.4. The van der Waals surface area contributed by atoms with E-state index in [-0.39, 0.29) is 11.9 Å². The third kappa shape index (κ3) is 3.31. The molecule has 1 aromatic rings. The summed E-state index contributed by atoms with van der Waals surface area (Å²) in [6.07, 6.45) is 1.93. The van der Waals surface area contributed by atoms with E-state index in [9.17, 15) is 4.79 Å². The van der Waals surface area contributed by atoms with Crippen LogP contribution in [0.4, 0.5) is 5.69 Å². The van der Waals surface area contributed by atoms with Gasteiger partial charge in [0.25, 0.3) is 5.91 Å². The predicted molar refractivity (Wildman–Crippen MR) is 89.6 cm³/mol. The molecule has 122 valence electrons. The fraction of sp³-hybridized carbons (Fsp3) is 0.562. The van der Waals surface area contributed by atoms with Crippen LogP contribution in [0.2, 0.25) is 5.02 Å². The molecule has 22 heavy (non-hydrogen) atoms. The molecule has 1 amide bonds. The summed E-state index contributed by atoms with van der Waals surface area (Å²) in [6.45, 7) is 3.17. The lowest BCUT2D eigenvalue weighted by Crippen LogP contribution is -2.48. The number of anilines is 1. The Bertz CT molecular complexity index is 565. The van der Waals surface area contributed by atoms with E-state index in [4.69, 9.17) is 22.1 Å². The van der Waals surface area contributed by atoms with Crippen LogP contribution in [0.1, 0.15) is 30.1 Å². The van der Waals surface area contributed by atoms with Gasteiger partial charge in [-0.25, -0.2) is 0 Å². The number of carbonyl (C=O) groups excluding carboxylic acids is 1. The number of ether oxygens (including phenoxy) is 1. The van der Waals surface area contributed by atoms with Crippen molar-refractivity contribution >= 4 is 23.2 Å². The summed E-state index contributed by atoms with van der Waals surface area (Å²) in [5.41, 5.74) is 6.64. The second kappa shape index (κ2) is 6.75. The Morgan fingerprint density at radius 3 is 2.77 bits per heavy atom. The number of nitrogens with two attached hydrogens (primary N) is 1. The van der Waals surface area contributed by atoms with Gasteiger partial charge >= 0.3 is 0 Å². The highest BCUT2D eigenvalue weighted by Crippen LogP contribution is 2.31. The number of halogens is 1. The molecular weight excluding hydrogens is 302 g/mol. The van der Waals surface area contributed by atoms with Gasteiger partial charge in [0.15, 0.2) is 0 Å². The molecule has 1 aliphatic heterocycles. The van der Waals surface area contributed by atoms with Crippen molar-refractivity contribution in [2.75, 3.05) is 33.5 Å². The third-order valence-electron chi connectivity index (χ3n) is 4.60. The molecule has 2 atom stereocenters. The van der Waals surface area contributed by atoms with Crippen molar-refractivity contribution in [2.45, 2.75) is 31.8 Å². The Morgan fingerprint density at radius 2 is 2.18 bits per heavy atom. The zero-order valence-electron chi connectivity index (χ0n) is 13.6. The normalized spacial score (nSPS) is 22.4. The van der Waals surface area contributed by atoms with Gasteiger partial charge in [0.05, 0.1) is 23.4 Å². The topological polar surface area (TPSA) is 58.8 Å². The Hall–Kier alpha value is -1.46. The average molecular weight is 326 g/mol. The van der Waals surface area contributed by atoms with Gasteiger partial charge < -0.3 is 20.3 Å². The minimum absolute atomic E-state index is 0.0829. The van der Waals surface area contributed by atoms with Gasteiger partial charge in [-0.05, 0) is 32.9 Å². The summed E-state index contributed by atoms with van der Waals surface area (Å²) in [7, 11) is 5.48. The second-order valence-corrected chi connectivity index (χ2v) is 6.41. The number of carbonyl (C=O) groups is 1. The van der Waals surface area contributed by atoms with Gasteiger partial charge in [-0.1, -0.05) is 11.6 Å². The molecule has 0 aromatic heterocycles. The number of nitrogens with zero attached hydrogens (tertiary/aromatic N) is 2. The van der Waals surface area contributed by atoms with Crippen molar-refractivity contribution in [2.24, 2.45) is 0 Å². The number of hydrogen-bond donors (Lipinski definition) is 1. The van der Waals surface area contributed by atoms with E-state index in [1.54, 1.807) is 17.0 Å². The Labute approximate surface area is 137 Å². The van der Waals surface area contributed by atoms with E-state index in [1.165, 1.54) is 7.11 Å². The number of hydrogen-bond acceptors (Lipinski definition) is 4. The van der Waals surface area contributed by atoms with Gasteiger partial charge in [0.1, 0.15) is 5.75 Å². The molecule has 2 rings (SSSR count). The highest BCUT2D eigenvalue weighted by molar-refractivity contribution is 6.33. The van der Waals surface area contributed by atoms with Gasteiger partial charge in [0, 0.05) is 31.7 Å². The van der Waals surface area contributed by atoms with Gasteiger partial charge in [-0.2, -0.15) is 0 Å². The molecular formula is C16H24ClN3O2. The van der Waals surface area contributed by atoms with Crippen molar-refractivity contribution in [3.05, 3.63) is 22.7 Å². The molecule has 0 bridgehead atoms. The maximum atomic E-state index is 12.8. The molecule has 2 unspecified atom stereocenters. The first-order chi connectivity index (χ1) is 10.3. The van der Waals surface area contributed by atoms with E-state index in [0.717, 1.165) is 19.4 Å². The number of methoxy groups -OCH3 is 1. The van der Waals surface area contributed by atoms with E-state index < -0.39 is 0 Å². The quantitative estimate of drug-likeness (QED) is 0.867. The second-order valence-electron chi connectivity index (χ2n) is 6.00. The lowest BCUT2D eigenvalue weighted by atomic mass is 9.97. The van der Waals surface area contributed by atoms with Crippen molar-refractivity contribution in [3.8, 4) is 5.75 Å². The Balaban J connectivity index is 2.22. The maximum absolute atomic E-state index is 12.8. The van der Waals surface area contributed by atoms with Crippen LogP contribution in [0.25, 0.3) is 0 Å². The monoisotopic (exact) mass is 325 g/mol. The van der Waals surface area contributed by atoms with Crippen molar-refractivity contribution in [3.63, 3.8) is 0 Å². The molecule has 0 spiro atoms. The Morgan fingerprint density at radius 1 is 1.50 bits per heavy atom. The highest BCUT2D eigenvalue weighted by Gasteiger charge is 2.29. The zero-order chi connectivity index (χ0) is 16.4. The van der Waals surface area contributed by atoms with E-state index in [2.05, 4.69) is 18.9 Å². The van der Waals surface area contributed by atoms with Crippen LogP contribution in [0.15, 0.2) is 12.1 Å². The molecule has 0 radical (unpaired) electrons. The number of nitrogen functional groups attached to an aromatic ring is 1. The van der Waals surface area contributed by atoms with E-state index in [1.807, 2.05) is 7.05 Å². The maximum Gasteiger partial charge on any atom is 0.257 e. The summed E-state index contributed by atoms with van der Waals surface area (Å²) in [4.78, 5) is 16.9. The largest absolute Gasteiger partial charge is 0.496 e. The molecule has 1 aliphatic rings. The number of amides is 1. The van der Waals surface area contributed by atoms with E-state index >= 15 is 0 Å². The van der Waals surface area contributed by atoms with Crippen molar-refractivity contribution in [1.29, 1.82) is 0 Å². The lowest BCUT2D eigenvalue weighted by molar-refractivity contribution is 0.0595. The molecule has 1 heterocycles. The lowest BCUT2D eigenvalue weighted by Gasteiger charge is -2.39. The van der Waals surface area contributed by atoms with Crippen LogP contribution in [0.5, 0.6) is 5.75 Å². The van der Waals surface area contributed by atoms with Crippen LogP contribution in [0.3, 0.4) is 0 Å². The molecule has 5 nitrogen and oxygen atoms in total. The van der Waals surface area contributed by atoms with Crippen LogP contribution in [0, 0.1) is 0 Å². The molecule has 6 heteroatoms. The van der Waals surface area contributed by atoms with Crippen molar-refractivity contribution < 1.29 is 9.53 Å².